The summed E-state index contributed by atoms with van der Waals surface area (Å²) in [5, 5.41) is 12.9. The van der Waals surface area contributed by atoms with E-state index in [0.717, 1.165) is 44.6 Å². The molecule has 3 saturated carbocycles. The number of carboxylic acids is 1. The third-order valence-electron chi connectivity index (χ3n) is 4.82. The predicted molar refractivity (Wildman–Crippen MR) is 69.5 cm³/mol. The largest absolute Gasteiger partial charge is 0.480 e. The highest BCUT2D eigenvalue weighted by Crippen LogP contribution is 2.38. The van der Waals surface area contributed by atoms with Gasteiger partial charge in [-0.15, -0.1) is 0 Å². The van der Waals surface area contributed by atoms with Gasteiger partial charge in [0.15, 0.2) is 0 Å². The number of aliphatic carboxylic acids is 1. The summed E-state index contributed by atoms with van der Waals surface area (Å²) >= 11 is 0. The Morgan fingerprint density at radius 2 is 2.06 bits per heavy atom. The standard InChI is InChI=1S/C14H24N2O2/c1-16(9-10-2-3-10)12-6-7-14(8-12,13(17)18)15-11-4-5-11/h10-12,15H,2-9H2,1H3,(H,17,18). The first kappa shape index (κ1) is 12.4. The average Bonchev–Trinajstić information content (AvgIpc) is 3.21. The van der Waals surface area contributed by atoms with Crippen LogP contribution in [0.25, 0.3) is 0 Å². The Morgan fingerprint density at radius 1 is 1.33 bits per heavy atom. The fraction of sp³-hybridized carbons (Fsp3) is 0.929. The molecule has 3 fully saturated rings. The van der Waals surface area contributed by atoms with E-state index in [0.29, 0.717) is 12.1 Å². The average molecular weight is 252 g/mol. The molecule has 0 spiro atoms. The normalized spacial score (nSPS) is 36.2. The minimum atomic E-state index is -0.642. The van der Waals surface area contributed by atoms with Crippen LogP contribution in [0.1, 0.15) is 44.9 Å². The molecule has 3 aliphatic rings. The van der Waals surface area contributed by atoms with Gasteiger partial charge in [0.05, 0.1) is 0 Å². The van der Waals surface area contributed by atoms with Gasteiger partial charge in [-0.3, -0.25) is 10.1 Å². The van der Waals surface area contributed by atoms with Crippen LogP contribution in [0.2, 0.25) is 0 Å². The lowest BCUT2D eigenvalue weighted by Crippen LogP contribution is -2.52. The zero-order chi connectivity index (χ0) is 12.8. The van der Waals surface area contributed by atoms with Gasteiger partial charge < -0.3 is 10.0 Å². The van der Waals surface area contributed by atoms with Crippen LogP contribution in [0.4, 0.5) is 0 Å². The second-order valence-electron chi connectivity index (χ2n) is 6.59. The van der Waals surface area contributed by atoms with Crippen LogP contribution in [-0.2, 0) is 4.79 Å². The molecule has 2 atom stereocenters. The van der Waals surface area contributed by atoms with Crippen molar-refractivity contribution in [2.45, 2.75) is 62.6 Å². The lowest BCUT2D eigenvalue weighted by atomic mass is 9.97. The minimum absolute atomic E-state index is 0.452. The van der Waals surface area contributed by atoms with E-state index in [-0.39, 0.29) is 0 Å². The van der Waals surface area contributed by atoms with Crippen LogP contribution < -0.4 is 5.32 Å². The van der Waals surface area contributed by atoms with Gasteiger partial charge in [-0.2, -0.15) is 0 Å². The maximum Gasteiger partial charge on any atom is 0.323 e. The molecule has 0 aromatic rings. The van der Waals surface area contributed by atoms with Crippen molar-refractivity contribution in [3.05, 3.63) is 0 Å². The maximum absolute atomic E-state index is 11.6. The molecule has 2 N–H and O–H groups in total. The summed E-state index contributed by atoms with van der Waals surface area (Å²) in [5.74, 6) is 0.239. The molecule has 18 heavy (non-hydrogen) atoms. The highest BCUT2D eigenvalue weighted by atomic mass is 16.4. The van der Waals surface area contributed by atoms with E-state index in [1.807, 2.05) is 0 Å². The van der Waals surface area contributed by atoms with E-state index in [2.05, 4.69) is 17.3 Å². The summed E-state index contributed by atoms with van der Waals surface area (Å²) in [4.78, 5) is 14.0. The molecule has 3 aliphatic carbocycles. The third-order valence-corrected chi connectivity index (χ3v) is 4.82. The molecule has 4 heteroatoms. The van der Waals surface area contributed by atoms with Crippen LogP contribution >= 0.6 is 0 Å². The molecule has 0 heterocycles. The van der Waals surface area contributed by atoms with Crippen LogP contribution in [0, 0.1) is 5.92 Å². The van der Waals surface area contributed by atoms with Crippen LogP contribution in [0.15, 0.2) is 0 Å². The highest BCUT2D eigenvalue weighted by Gasteiger charge is 2.49. The maximum atomic E-state index is 11.6. The second-order valence-corrected chi connectivity index (χ2v) is 6.59. The van der Waals surface area contributed by atoms with E-state index in [1.54, 1.807) is 0 Å². The number of hydrogen-bond donors (Lipinski definition) is 2. The van der Waals surface area contributed by atoms with E-state index in [1.165, 1.54) is 12.8 Å². The summed E-state index contributed by atoms with van der Waals surface area (Å²) in [7, 11) is 2.16. The van der Waals surface area contributed by atoms with Crippen molar-refractivity contribution >= 4 is 5.97 Å². The molecule has 4 nitrogen and oxygen atoms in total. The van der Waals surface area contributed by atoms with Gasteiger partial charge >= 0.3 is 5.97 Å². The quantitative estimate of drug-likeness (QED) is 0.751. The summed E-state index contributed by atoms with van der Waals surface area (Å²) in [6, 6.07) is 0.918. The molecule has 0 aromatic carbocycles. The van der Waals surface area contributed by atoms with E-state index < -0.39 is 11.5 Å². The number of carbonyl (C=O) groups is 1. The first-order chi connectivity index (χ1) is 8.59. The van der Waals surface area contributed by atoms with Crippen molar-refractivity contribution in [2.24, 2.45) is 5.92 Å². The fourth-order valence-corrected chi connectivity index (χ4v) is 3.26. The lowest BCUT2D eigenvalue weighted by molar-refractivity contribution is -0.145. The number of carboxylic acid groups (broad SMARTS) is 1. The SMILES string of the molecule is CN(CC1CC1)C1CCC(NC2CC2)(C(=O)O)C1. The first-order valence-corrected chi connectivity index (χ1v) is 7.30. The fourth-order valence-electron chi connectivity index (χ4n) is 3.26. The van der Waals surface area contributed by atoms with E-state index >= 15 is 0 Å². The van der Waals surface area contributed by atoms with Crippen molar-refractivity contribution in [1.29, 1.82) is 0 Å². The molecule has 0 amide bonds. The molecule has 102 valence electrons. The van der Waals surface area contributed by atoms with Gasteiger partial charge in [-0.05, 0) is 57.9 Å². The van der Waals surface area contributed by atoms with Crippen molar-refractivity contribution in [3.63, 3.8) is 0 Å². The Bertz CT molecular complexity index is 339. The summed E-state index contributed by atoms with van der Waals surface area (Å²) < 4.78 is 0. The Hall–Kier alpha value is -0.610. The molecule has 2 unspecified atom stereocenters. The zero-order valence-electron chi connectivity index (χ0n) is 11.2. The molecule has 0 bridgehead atoms. The smallest absolute Gasteiger partial charge is 0.323 e. The Morgan fingerprint density at radius 3 is 2.61 bits per heavy atom. The van der Waals surface area contributed by atoms with Crippen LogP contribution in [0.5, 0.6) is 0 Å². The molecule has 3 rings (SSSR count). The zero-order valence-corrected chi connectivity index (χ0v) is 11.2. The number of hydrogen-bond acceptors (Lipinski definition) is 3. The van der Waals surface area contributed by atoms with Crippen LogP contribution in [0.3, 0.4) is 0 Å². The predicted octanol–water partition coefficient (Wildman–Crippen LogP) is 1.46. The number of nitrogens with one attached hydrogen (secondary N) is 1. The number of rotatable bonds is 6. The molecular formula is C14H24N2O2. The van der Waals surface area contributed by atoms with Gasteiger partial charge in [-0.1, -0.05) is 0 Å². The van der Waals surface area contributed by atoms with Crippen molar-refractivity contribution in [1.82, 2.24) is 10.2 Å². The van der Waals surface area contributed by atoms with Crippen molar-refractivity contribution in [3.8, 4) is 0 Å². The molecule has 0 aromatic heterocycles. The third kappa shape index (κ3) is 2.54. The summed E-state index contributed by atoms with van der Waals surface area (Å²) in [6.45, 7) is 1.16. The Kier molecular flexibility index (Phi) is 3.10. The minimum Gasteiger partial charge on any atom is -0.480 e. The van der Waals surface area contributed by atoms with Gasteiger partial charge in [0.2, 0.25) is 0 Å². The molecule has 0 saturated heterocycles. The van der Waals surface area contributed by atoms with Gasteiger partial charge in [0.1, 0.15) is 5.54 Å². The topological polar surface area (TPSA) is 52.6 Å². The molecule has 0 aliphatic heterocycles. The first-order valence-electron chi connectivity index (χ1n) is 7.30. The lowest BCUT2D eigenvalue weighted by Gasteiger charge is -2.29. The summed E-state index contributed by atoms with van der Waals surface area (Å²) in [5.41, 5.74) is -0.635. The van der Waals surface area contributed by atoms with Crippen LogP contribution in [-0.4, -0.2) is 47.2 Å². The van der Waals surface area contributed by atoms with E-state index in [4.69, 9.17) is 0 Å². The van der Waals surface area contributed by atoms with E-state index in [9.17, 15) is 9.90 Å². The highest BCUT2D eigenvalue weighted by molar-refractivity contribution is 5.79. The van der Waals surface area contributed by atoms with Gasteiger partial charge in [0.25, 0.3) is 0 Å². The molecule has 0 radical (unpaired) electrons. The Balaban J connectivity index is 1.60. The molecular weight excluding hydrogens is 228 g/mol. The Labute approximate surface area is 109 Å². The number of nitrogens with zero attached hydrogens (tertiary/aromatic N) is 1. The summed E-state index contributed by atoms with van der Waals surface area (Å²) in [6.07, 6.45) is 7.62. The monoisotopic (exact) mass is 252 g/mol. The van der Waals surface area contributed by atoms with Crippen molar-refractivity contribution in [2.75, 3.05) is 13.6 Å². The van der Waals surface area contributed by atoms with Gasteiger partial charge in [-0.25, -0.2) is 0 Å². The second kappa shape index (κ2) is 4.49. The van der Waals surface area contributed by atoms with Gasteiger partial charge in [0, 0.05) is 18.6 Å². The van der Waals surface area contributed by atoms with Crippen molar-refractivity contribution < 1.29 is 9.90 Å².